The smallest absolute Gasteiger partial charge is 0 e. The maximum Gasteiger partial charge on any atom is 0 e. The number of hydrogen-bond acceptors (Lipinski definition) is 0. The first kappa shape index (κ1) is 8.94. The van der Waals surface area contributed by atoms with Crippen LogP contribution in [0.25, 0.3) is 6.08 Å². The Morgan fingerprint density at radius 3 is 2.64 bits per heavy atom. The van der Waals surface area contributed by atoms with Gasteiger partial charge in [-0.2, -0.15) is 0 Å². The van der Waals surface area contributed by atoms with Gasteiger partial charge in [0, 0.05) is 26.2 Å². The van der Waals surface area contributed by atoms with Crippen molar-refractivity contribution >= 4 is 6.08 Å². The molecule has 0 fully saturated rings. The second kappa shape index (κ2) is 3.49. The zero-order chi connectivity index (χ0) is 6.97. The molecule has 1 aliphatic rings. The van der Waals surface area contributed by atoms with Crippen LogP contribution in [0.1, 0.15) is 24.0 Å². The SMILES string of the molecule is CC1C=Cc2ccccc21.[Zr]. The summed E-state index contributed by atoms with van der Waals surface area (Å²) in [5.41, 5.74) is 2.84. The van der Waals surface area contributed by atoms with Crippen molar-refractivity contribution in [2.75, 3.05) is 0 Å². The molecule has 1 aliphatic carbocycles. The Labute approximate surface area is 86.4 Å². The van der Waals surface area contributed by atoms with Crippen molar-refractivity contribution in [3.8, 4) is 0 Å². The molecule has 0 radical (unpaired) electrons. The van der Waals surface area contributed by atoms with Crippen LogP contribution in [0.5, 0.6) is 0 Å². The van der Waals surface area contributed by atoms with Crippen molar-refractivity contribution in [1.29, 1.82) is 0 Å². The average Bonchev–Trinajstić information content (AvgIpc) is 2.34. The fourth-order valence-electron chi connectivity index (χ4n) is 1.43. The van der Waals surface area contributed by atoms with Gasteiger partial charge in [0.15, 0.2) is 0 Å². The van der Waals surface area contributed by atoms with E-state index in [4.69, 9.17) is 0 Å². The summed E-state index contributed by atoms with van der Waals surface area (Å²) in [4.78, 5) is 0. The first-order chi connectivity index (χ1) is 4.88. The van der Waals surface area contributed by atoms with E-state index in [1.165, 1.54) is 11.1 Å². The third-order valence-electron chi connectivity index (χ3n) is 2.05. The summed E-state index contributed by atoms with van der Waals surface area (Å²) in [5.74, 6) is 0.621. The van der Waals surface area contributed by atoms with Gasteiger partial charge < -0.3 is 0 Å². The summed E-state index contributed by atoms with van der Waals surface area (Å²) < 4.78 is 0. The Hall–Kier alpha value is -0.157. The molecule has 1 heteroatoms. The number of fused-ring (bicyclic) bond motifs is 1. The van der Waals surface area contributed by atoms with E-state index in [2.05, 4.69) is 43.3 Å². The molecule has 0 heterocycles. The Balaban J connectivity index is 0.000000605. The molecule has 0 bridgehead atoms. The molecule has 0 amide bonds. The van der Waals surface area contributed by atoms with Gasteiger partial charge in [0.1, 0.15) is 0 Å². The van der Waals surface area contributed by atoms with Crippen LogP contribution in [-0.2, 0) is 26.2 Å². The zero-order valence-electron chi connectivity index (χ0n) is 6.54. The van der Waals surface area contributed by atoms with Crippen LogP contribution in [0, 0.1) is 0 Å². The van der Waals surface area contributed by atoms with Crippen molar-refractivity contribution in [3.63, 3.8) is 0 Å². The molecule has 0 aromatic heterocycles. The van der Waals surface area contributed by atoms with Crippen LogP contribution < -0.4 is 0 Å². The normalized spacial score (nSPS) is 19.2. The summed E-state index contributed by atoms with van der Waals surface area (Å²) in [5, 5.41) is 0. The molecular formula is C10H10Zr. The van der Waals surface area contributed by atoms with Crippen LogP contribution in [-0.4, -0.2) is 0 Å². The molecule has 0 saturated carbocycles. The van der Waals surface area contributed by atoms with E-state index < -0.39 is 0 Å². The fraction of sp³-hybridized carbons (Fsp3) is 0.200. The van der Waals surface area contributed by atoms with E-state index in [-0.39, 0.29) is 26.2 Å². The quantitative estimate of drug-likeness (QED) is 0.632. The van der Waals surface area contributed by atoms with Gasteiger partial charge in [-0.1, -0.05) is 43.3 Å². The second-order valence-electron chi connectivity index (χ2n) is 2.78. The molecule has 0 spiro atoms. The molecule has 2 rings (SSSR count). The molecule has 0 N–H and O–H groups in total. The van der Waals surface area contributed by atoms with Crippen LogP contribution in [0.3, 0.4) is 0 Å². The summed E-state index contributed by atoms with van der Waals surface area (Å²) in [6, 6.07) is 8.54. The van der Waals surface area contributed by atoms with Gasteiger partial charge in [-0.15, -0.1) is 0 Å². The van der Waals surface area contributed by atoms with E-state index in [1.54, 1.807) is 0 Å². The van der Waals surface area contributed by atoms with Gasteiger partial charge in [-0.25, -0.2) is 0 Å². The molecule has 1 unspecified atom stereocenters. The Morgan fingerprint density at radius 1 is 1.18 bits per heavy atom. The predicted octanol–water partition coefficient (Wildman–Crippen LogP) is 2.81. The monoisotopic (exact) mass is 220 g/mol. The first-order valence-corrected chi connectivity index (χ1v) is 3.65. The summed E-state index contributed by atoms with van der Waals surface area (Å²) in [6.07, 6.45) is 4.44. The molecule has 1 aromatic rings. The van der Waals surface area contributed by atoms with Gasteiger partial charge in [-0.3, -0.25) is 0 Å². The topological polar surface area (TPSA) is 0 Å². The minimum atomic E-state index is 0. The molecule has 11 heavy (non-hydrogen) atoms. The molecule has 0 nitrogen and oxygen atoms in total. The first-order valence-electron chi connectivity index (χ1n) is 3.65. The summed E-state index contributed by atoms with van der Waals surface area (Å²) in [6.45, 7) is 2.22. The van der Waals surface area contributed by atoms with Crippen LogP contribution in [0.15, 0.2) is 30.3 Å². The number of hydrogen-bond donors (Lipinski definition) is 0. The Kier molecular flexibility index (Phi) is 2.84. The summed E-state index contributed by atoms with van der Waals surface area (Å²) >= 11 is 0. The van der Waals surface area contributed by atoms with Gasteiger partial charge in [-0.05, 0) is 17.0 Å². The predicted molar refractivity (Wildman–Crippen MR) is 43.9 cm³/mol. The van der Waals surface area contributed by atoms with E-state index >= 15 is 0 Å². The molecule has 54 valence electrons. The standard InChI is InChI=1S/C10H10.Zr/c1-8-6-7-9-4-2-3-5-10(8)9;/h2-8H,1H3;. The van der Waals surface area contributed by atoms with Gasteiger partial charge in [0.05, 0.1) is 0 Å². The molecule has 0 saturated heterocycles. The van der Waals surface area contributed by atoms with Crippen molar-refractivity contribution in [3.05, 3.63) is 41.5 Å². The second-order valence-corrected chi connectivity index (χ2v) is 2.78. The van der Waals surface area contributed by atoms with Gasteiger partial charge in [0.25, 0.3) is 0 Å². The van der Waals surface area contributed by atoms with E-state index in [0.29, 0.717) is 5.92 Å². The average molecular weight is 221 g/mol. The zero-order valence-corrected chi connectivity index (χ0v) is 9.00. The van der Waals surface area contributed by atoms with E-state index in [9.17, 15) is 0 Å². The van der Waals surface area contributed by atoms with Gasteiger partial charge in [0.2, 0.25) is 0 Å². The van der Waals surface area contributed by atoms with E-state index in [1.807, 2.05) is 0 Å². The largest absolute Gasteiger partial charge is 0.0767 e. The molecule has 1 aromatic carbocycles. The van der Waals surface area contributed by atoms with Crippen LogP contribution >= 0.6 is 0 Å². The third kappa shape index (κ3) is 1.54. The summed E-state index contributed by atoms with van der Waals surface area (Å²) in [7, 11) is 0. The maximum absolute atomic E-state index is 2.24. The fourth-order valence-corrected chi connectivity index (χ4v) is 1.43. The van der Waals surface area contributed by atoms with E-state index in [0.717, 1.165) is 0 Å². The minimum absolute atomic E-state index is 0. The number of benzene rings is 1. The van der Waals surface area contributed by atoms with Gasteiger partial charge >= 0.3 is 0 Å². The van der Waals surface area contributed by atoms with Crippen molar-refractivity contribution < 1.29 is 26.2 Å². The molecule has 1 atom stereocenters. The molecular weight excluding hydrogens is 211 g/mol. The maximum atomic E-state index is 2.24. The van der Waals surface area contributed by atoms with Crippen molar-refractivity contribution in [2.24, 2.45) is 0 Å². The minimum Gasteiger partial charge on any atom is -0.0767 e. The Morgan fingerprint density at radius 2 is 1.91 bits per heavy atom. The Bertz CT molecular complexity index is 276. The number of rotatable bonds is 0. The van der Waals surface area contributed by atoms with Crippen molar-refractivity contribution in [2.45, 2.75) is 12.8 Å². The molecule has 0 aliphatic heterocycles. The van der Waals surface area contributed by atoms with Crippen molar-refractivity contribution in [1.82, 2.24) is 0 Å². The van der Waals surface area contributed by atoms with Crippen LogP contribution in [0.2, 0.25) is 0 Å². The third-order valence-corrected chi connectivity index (χ3v) is 2.05. The van der Waals surface area contributed by atoms with Crippen LogP contribution in [0.4, 0.5) is 0 Å². The number of allylic oxidation sites excluding steroid dienone is 1.